The third-order valence-corrected chi connectivity index (χ3v) is 10.6. The van der Waals surface area contributed by atoms with Crippen molar-refractivity contribution in [3.63, 3.8) is 0 Å². The number of benzene rings is 2. The molecule has 0 bridgehead atoms. The van der Waals surface area contributed by atoms with Crippen LogP contribution in [0.4, 0.5) is 4.79 Å². The molecule has 1 fully saturated rings. The first-order valence-electron chi connectivity index (χ1n) is 13.9. The molecule has 0 radical (unpaired) electrons. The van der Waals surface area contributed by atoms with E-state index in [-0.39, 0.29) is 47.4 Å². The molecule has 0 spiro atoms. The number of β-lactam (4-membered cyclic amide) rings is 1. The summed E-state index contributed by atoms with van der Waals surface area (Å²) < 4.78 is 0.683. The van der Waals surface area contributed by atoms with Crippen molar-refractivity contribution in [3.8, 4) is 0 Å². The van der Waals surface area contributed by atoms with Crippen LogP contribution in [0.2, 0.25) is 0 Å². The number of hydrogen-bond donors (Lipinski definition) is 2. The van der Waals surface area contributed by atoms with Gasteiger partial charge in [0.2, 0.25) is 11.8 Å². The molecule has 2 aromatic carbocycles. The van der Waals surface area contributed by atoms with Crippen LogP contribution < -0.4 is 45.3 Å². The summed E-state index contributed by atoms with van der Waals surface area (Å²) in [7, 11) is 1.34. The number of fused-ring (bicyclic) bond motifs is 1. The van der Waals surface area contributed by atoms with E-state index in [9.17, 15) is 29.1 Å². The fourth-order valence-electron chi connectivity index (χ4n) is 4.85. The van der Waals surface area contributed by atoms with Gasteiger partial charge in [0.05, 0.1) is 11.7 Å². The van der Waals surface area contributed by atoms with Crippen molar-refractivity contribution in [1.29, 1.82) is 0 Å². The summed E-state index contributed by atoms with van der Waals surface area (Å²) in [6.45, 7) is 1.82. The van der Waals surface area contributed by atoms with Crippen molar-refractivity contribution < 1.29 is 58.6 Å². The zero-order valence-corrected chi connectivity index (χ0v) is 29.7. The number of nitrogens with one attached hydrogen (secondary N) is 2. The summed E-state index contributed by atoms with van der Waals surface area (Å²) in [5, 5.41) is 25.6. The molecule has 2 N–H and O–H groups in total. The third kappa shape index (κ3) is 8.19. The van der Waals surface area contributed by atoms with Crippen LogP contribution in [-0.4, -0.2) is 79.7 Å². The maximum atomic E-state index is 13.6. The van der Waals surface area contributed by atoms with Gasteiger partial charge in [-0.25, -0.2) is 4.79 Å². The Morgan fingerprint density at radius 2 is 1.76 bits per heavy atom. The summed E-state index contributed by atoms with van der Waals surface area (Å²) in [5.41, 5.74) is 1.71. The minimum atomic E-state index is -1.48. The molecular weight excluding hydrogens is 660 g/mol. The first-order chi connectivity index (χ1) is 21.6. The van der Waals surface area contributed by atoms with Gasteiger partial charge in [-0.1, -0.05) is 83.8 Å². The molecular formula is C30H29N6NaO6S3. The van der Waals surface area contributed by atoms with E-state index >= 15 is 0 Å². The molecule has 2 aliphatic heterocycles. The van der Waals surface area contributed by atoms with Gasteiger partial charge in [0, 0.05) is 25.0 Å². The predicted octanol–water partition coefficient (Wildman–Crippen LogP) is -1.11. The summed E-state index contributed by atoms with van der Waals surface area (Å²) >= 11 is 4.04. The fourth-order valence-corrected chi connectivity index (χ4v) is 8.15. The van der Waals surface area contributed by atoms with E-state index in [0.29, 0.717) is 27.6 Å². The number of carbonyl (C=O) groups excluding carboxylic acids is 5. The summed E-state index contributed by atoms with van der Waals surface area (Å²) in [6, 6.07) is 14.8. The van der Waals surface area contributed by atoms with E-state index in [2.05, 4.69) is 20.8 Å². The zero-order valence-electron chi connectivity index (χ0n) is 25.3. The summed E-state index contributed by atoms with van der Waals surface area (Å²) in [4.78, 5) is 66.9. The Morgan fingerprint density at radius 3 is 2.39 bits per heavy atom. The molecule has 1 saturated heterocycles. The zero-order chi connectivity index (χ0) is 32.1. The predicted molar refractivity (Wildman–Crippen MR) is 168 cm³/mol. The molecule has 1 unspecified atom stereocenters. The standard InChI is InChI=1S/C30H30N6O6S3.Na/c1-17-33-34-30(45-17)44-16-20-15-43-27-23(26(39)36(27)24(20)28(40)41)31-25(38)22(19-11-7-4-8-12-19)32-29(42)35(2)21(37)14-13-18-9-5-3-6-10-18;/h3-12,22-23,27H,13-16H2,1-2H3,(H,31,38)(H,32,42)(H,40,41);/q;+1/p-1/t22-,23?,27-;/m1./s1. The van der Waals surface area contributed by atoms with E-state index in [1.165, 1.54) is 41.9 Å². The van der Waals surface area contributed by atoms with Gasteiger partial charge in [-0.15, -0.1) is 22.0 Å². The Hall–Kier alpha value is -3.21. The van der Waals surface area contributed by atoms with Gasteiger partial charge in [0.25, 0.3) is 5.91 Å². The number of carboxylic acids is 1. The second kappa shape index (κ2) is 16.1. The normalized spacial score (nSPS) is 17.6. The number of amides is 5. The number of carboxylic acid groups (broad SMARTS) is 1. The topological polar surface area (TPSA) is 165 Å². The van der Waals surface area contributed by atoms with Gasteiger partial charge in [-0.2, -0.15) is 0 Å². The van der Waals surface area contributed by atoms with E-state index in [1.54, 1.807) is 30.3 Å². The van der Waals surface area contributed by atoms with Crippen LogP contribution in [0.15, 0.2) is 76.3 Å². The van der Waals surface area contributed by atoms with Crippen LogP contribution in [0.1, 0.15) is 28.6 Å². The molecule has 0 saturated carbocycles. The van der Waals surface area contributed by atoms with Gasteiger partial charge in [0.15, 0.2) is 4.34 Å². The molecule has 16 heteroatoms. The summed E-state index contributed by atoms with van der Waals surface area (Å²) in [5.74, 6) is -2.58. The average molecular weight is 689 g/mol. The second-order valence-electron chi connectivity index (χ2n) is 10.2. The molecule has 3 aromatic rings. The van der Waals surface area contributed by atoms with Crippen LogP contribution in [-0.2, 0) is 25.6 Å². The molecule has 46 heavy (non-hydrogen) atoms. The Bertz CT molecular complexity index is 1640. The van der Waals surface area contributed by atoms with E-state index in [0.717, 1.165) is 20.4 Å². The maximum Gasteiger partial charge on any atom is 1.00 e. The Labute approximate surface area is 300 Å². The van der Waals surface area contributed by atoms with Crippen LogP contribution in [0.5, 0.6) is 0 Å². The van der Waals surface area contributed by atoms with Crippen LogP contribution in [0.3, 0.4) is 0 Å². The van der Waals surface area contributed by atoms with Crippen LogP contribution >= 0.6 is 34.9 Å². The number of carbonyl (C=O) groups is 5. The van der Waals surface area contributed by atoms with Gasteiger partial charge >= 0.3 is 35.6 Å². The molecule has 12 nitrogen and oxygen atoms in total. The Kier molecular flexibility index (Phi) is 12.4. The van der Waals surface area contributed by atoms with E-state index in [1.807, 2.05) is 37.3 Å². The number of hydrogen-bond acceptors (Lipinski definition) is 11. The van der Waals surface area contributed by atoms with Crippen molar-refractivity contribution in [1.82, 2.24) is 30.6 Å². The number of aryl methyl sites for hydroxylation is 2. The first-order valence-corrected chi connectivity index (χ1v) is 16.8. The molecule has 234 valence electrons. The number of thioether (sulfide) groups is 2. The molecule has 5 rings (SSSR count). The average Bonchev–Trinajstić information content (AvgIpc) is 3.48. The molecule has 3 heterocycles. The van der Waals surface area contributed by atoms with Gasteiger partial charge in [-0.3, -0.25) is 24.2 Å². The molecule has 0 aliphatic carbocycles. The van der Waals surface area contributed by atoms with Crippen molar-refractivity contribution in [2.45, 2.75) is 41.6 Å². The minimum absolute atomic E-state index is 0. The molecule has 5 amide bonds. The quantitative estimate of drug-likeness (QED) is 0.143. The Morgan fingerprint density at radius 1 is 1.09 bits per heavy atom. The van der Waals surface area contributed by atoms with Crippen molar-refractivity contribution >= 4 is 64.6 Å². The van der Waals surface area contributed by atoms with Gasteiger partial charge in [0.1, 0.15) is 22.5 Å². The van der Waals surface area contributed by atoms with Crippen molar-refractivity contribution in [2.24, 2.45) is 0 Å². The molecule has 3 atom stereocenters. The van der Waals surface area contributed by atoms with Gasteiger partial charge in [-0.05, 0) is 30.0 Å². The van der Waals surface area contributed by atoms with E-state index < -0.39 is 47.2 Å². The van der Waals surface area contributed by atoms with E-state index in [4.69, 9.17) is 0 Å². The number of nitrogens with zero attached hydrogens (tertiary/aromatic N) is 4. The molecule has 1 aromatic heterocycles. The van der Waals surface area contributed by atoms with Crippen LogP contribution in [0.25, 0.3) is 0 Å². The second-order valence-corrected chi connectivity index (χ2v) is 13.8. The first kappa shape index (κ1) is 35.6. The third-order valence-electron chi connectivity index (χ3n) is 7.23. The molecule has 2 aliphatic rings. The maximum absolute atomic E-state index is 13.6. The monoisotopic (exact) mass is 688 g/mol. The van der Waals surface area contributed by atoms with Gasteiger partial charge < -0.3 is 20.5 Å². The number of urea groups is 1. The smallest absolute Gasteiger partial charge is 0.543 e. The number of imide groups is 1. The number of aromatic nitrogens is 2. The van der Waals surface area contributed by atoms with Crippen molar-refractivity contribution in [3.05, 3.63) is 88.1 Å². The Balaban J connectivity index is 0.00000480. The number of aliphatic carboxylic acids is 1. The fraction of sp³-hybridized carbons (Fsp3) is 0.300. The minimum Gasteiger partial charge on any atom is -0.543 e. The number of rotatable bonds is 11. The largest absolute Gasteiger partial charge is 1.00 e. The summed E-state index contributed by atoms with van der Waals surface area (Å²) in [6.07, 6.45) is 0.542. The SMILES string of the molecule is Cc1nnc(SCC2=C(C(=O)[O-])N3C(=O)C(NC(=O)[C@H](NC(=O)N(C)C(=O)CCc4ccccc4)c4ccccc4)[C@H]3SC2)s1.[Na+]. The van der Waals surface area contributed by atoms with Crippen LogP contribution in [0, 0.1) is 6.92 Å². The van der Waals surface area contributed by atoms with Crippen molar-refractivity contribution in [2.75, 3.05) is 18.6 Å².